The van der Waals surface area contributed by atoms with Gasteiger partial charge in [-0.2, -0.15) is 5.26 Å². The number of nitriles is 1. The standard InChI is InChI=1S/C25H25N5O2.C7H9O2P3.22CH4/c26-17-22(24(31)7-1-4-18-8-10-23(11-9-18)32-29-28-27)16-19-14-20-5-2-12-30-13-3-6-21(15-19)25(20)30;8-5-6-1-3-7(4-2-6)9-12(10)11;;;;;;;;;;;;;;;;;;;;;;/h8-11,14-16H,1-7,12-13H2;1-5H,10-11H2;22*1H4/b22-16-;;;;;;;;;;;;;;;;;;;;;;;. The van der Waals surface area contributed by atoms with E-state index in [0.717, 1.165) is 61.9 Å². The van der Waals surface area contributed by atoms with Gasteiger partial charge in [0.05, 0.1) is 5.57 Å². The fourth-order valence-corrected chi connectivity index (χ4v) is 6.45. The molecule has 12 heteroatoms. The molecule has 3 aromatic carbocycles. The van der Waals surface area contributed by atoms with Crippen molar-refractivity contribution in [1.82, 2.24) is 0 Å². The molecule has 0 bridgehead atoms. The van der Waals surface area contributed by atoms with Gasteiger partial charge >= 0.3 is 0 Å². The van der Waals surface area contributed by atoms with Crippen molar-refractivity contribution in [2.45, 2.75) is 208 Å². The Morgan fingerprint density at radius 3 is 1.50 bits per heavy atom. The van der Waals surface area contributed by atoms with Gasteiger partial charge in [-0.25, -0.2) is 0 Å². The third-order valence-corrected chi connectivity index (χ3v) is 8.34. The van der Waals surface area contributed by atoms with Gasteiger partial charge in [-0.3, -0.25) is 9.59 Å². The number of Topliss-reactive ketones (excluding diaryl/α,β-unsaturated/α-hetero) is 1. The van der Waals surface area contributed by atoms with Gasteiger partial charge in [0.15, 0.2) is 5.78 Å². The van der Waals surface area contributed by atoms with Crippen molar-refractivity contribution in [3.8, 4) is 17.6 Å². The van der Waals surface area contributed by atoms with Crippen LogP contribution in [0.15, 0.2) is 71.5 Å². The third kappa shape index (κ3) is 38.3. The minimum Gasteiger partial charge on any atom is -0.466 e. The fourth-order valence-electron chi connectivity index (χ4n) is 5.35. The van der Waals surface area contributed by atoms with Crippen LogP contribution in [0.2, 0.25) is 0 Å². The molecule has 0 fully saturated rings. The zero-order valence-electron chi connectivity index (χ0n) is 24.3. The summed E-state index contributed by atoms with van der Waals surface area (Å²) < 4.78 is 5.39. The van der Waals surface area contributed by atoms with Crippen LogP contribution in [0.1, 0.15) is 222 Å². The first-order chi connectivity index (χ1) is 21.4. The monoisotopic (exact) mass is 998 g/mol. The highest BCUT2D eigenvalue weighted by molar-refractivity contribution is 8.41. The van der Waals surface area contributed by atoms with Gasteiger partial charge in [0, 0.05) is 35.7 Å². The number of rotatable bonds is 11. The summed E-state index contributed by atoms with van der Waals surface area (Å²) >= 11 is 0. The van der Waals surface area contributed by atoms with Gasteiger partial charge in [0.2, 0.25) is 0 Å². The van der Waals surface area contributed by atoms with Gasteiger partial charge in [0.25, 0.3) is 0 Å². The van der Waals surface area contributed by atoms with E-state index in [4.69, 9.17) is 14.9 Å². The molecule has 9 nitrogen and oxygen atoms in total. The van der Waals surface area contributed by atoms with E-state index in [9.17, 15) is 14.9 Å². The number of azide groups is 1. The number of ketones is 1. The minimum atomic E-state index is -0.546. The number of allylic oxidation sites excluding steroid dienone is 1. The predicted molar refractivity (Wildman–Crippen MR) is 330 cm³/mol. The average molecular weight is 999 g/mol. The normalized spacial score (nSPS) is 8.94. The largest absolute Gasteiger partial charge is 0.466 e. The number of aldehydes is 1. The van der Waals surface area contributed by atoms with Crippen LogP contribution in [0.4, 0.5) is 5.69 Å². The van der Waals surface area contributed by atoms with E-state index in [0.29, 0.717) is 30.6 Å². The smallest absolute Gasteiger partial charge is 0.173 e. The quantitative estimate of drug-likeness (QED) is 0.0275. The summed E-state index contributed by atoms with van der Waals surface area (Å²) in [6.07, 6.45) is 8.69. The lowest BCUT2D eigenvalue weighted by atomic mass is 9.89. The lowest BCUT2D eigenvalue weighted by Gasteiger charge is -2.37. The molecular formula is C54H122N5O4P3. The number of benzene rings is 3. The maximum Gasteiger partial charge on any atom is 0.173 e. The molecule has 0 radical (unpaired) electrons. The number of hydrogen-bond acceptors (Lipinski definition) is 7. The molecule has 0 saturated carbocycles. The Morgan fingerprint density at radius 2 is 1.12 bits per heavy atom. The van der Waals surface area contributed by atoms with Crippen LogP contribution >= 0.6 is 25.4 Å². The van der Waals surface area contributed by atoms with E-state index < -0.39 is 7.53 Å². The van der Waals surface area contributed by atoms with Crippen molar-refractivity contribution in [2.24, 2.45) is 5.28 Å². The van der Waals surface area contributed by atoms with Crippen molar-refractivity contribution >= 4 is 49.2 Å². The Bertz CT molecular complexity index is 1560. The summed E-state index contributed by atoms with van der Waals surface area (Å²) in [5, 5.41) is 12.7. The SMILES string of the molecule is C.C.C.C.C.C.C.C.C.C.C.C.C.C.C.C.C.C.C.C.C.C.N#C/C(=C/c1cc2c3c(c1)CCCN3CCC2)C(=O)CCCc1ccc(ON=[N+]=[N-])cc1.O=Cc1ccc(OP(P)P)cc1. The van der Waals surface area contributed by atoms with Crippen LogP contribution in [0.5, 0.6) is 11.5 Å². The molecular weight excluding hydrogens is 876 g/mol. The number of hydrogen-bond donors (Lipinski definition) is 0. The first kappa shape index (κ1) is 125. The minimum absolute atomic E-state index is 0. The van der Waals surface area contributed by atoms with E-state index in [1.807, 2.05) is 12.1 Å². The number of anilines is 1. The maximum atomic E-state index is 12.7. The number of nitrogens with zero attached hydrogens (tertiary/aromatic N) is 5. The van der Waals surface area contributed by atoms with Gasteiger partial charge in [0.1, 0.15) is 36.7 Å². The van der Waals surface area contributed by atoms with E-state index in [1.165, 1.54) is 16.8 Å². The molecule has 66 heavy (non-hydrogen) atoms. The first-order valence-electron chi connectivity index (χ1n) is 14.3. The van der Waals surface area contributed by atoms with E-state index in [2.05, 4.69) is 51.1 Å². The Morgan fingerprint density at radius 1 is 0.697 bits per heavy atom. The highest BCUT2D eigenvalue weighted by atomic mass is 32.4. The Labute approximate surface area is 425 Å². The van der Waals surface area contributed by atoms with Crippen molar-refractivity contribution < 1.29 is 19.0 Å². The van der Waals surface area contributed by atoms with Crippen molar-refractivity contribution in [3.05, 3.63) is 104 Å². The van der Waals surface area contributed by atoms with Crippen molar-refractivity contribution in [2.75, 3.05) is 18.0 Å². The Hall–Kier alpha value is -3.77. The number of carbonyl (C=O) groups is 2. The van der Waals surface area contributed by atoms with Gasteiger partial charge in [-0.15, -0.1) is 0 Å². The van der Waals surface area contributed by atoms with Gasteiger partial charge < -0.3 is 14.3 Å². The zero-order chi connectivity index (χ0) is 31.3. The van der Waals surface area contributed by atoms with Crippen molar-refractivity contribution in [1.29, 1.82) is 5.26 Å². The Balaban J connectivity index is -0.0000000346. The predicted octanol–water partition coefficient (Wildman–Crippen LogP) is 22.3. The van der Waals surface area contributed by atoms with Crippen molar-refractivity contribution in [3.63, 3.8) is 0 Å². The number of aryl methyl sites for hydroxylation is 3. The molecule has 0 saturated heterocycles. The molecule has 5 rings (SSSR count). The van der Waals surface area contributed by atoms with Gasteiger partial charge in [-0.05, 0) is 121 Å². The summed E-state index contributed by atoms with van der Waals surface area (Å²) in [5.41, 5.74) is 15.2. The molecule has 0 N–H and O–H groups in total. The topological polar surface area (TPSA) is 128 Å². The highest BCUT2D eigenvalue weighted by Crippen LogP contribution is 2.53. The maximum absolute atomic E-state index is 12.7. The second-order valence-electron chi connectivity index (χ2n) is 10.4. The summed E-state index contributed by atoms with van der Waals surface area (Å²) in [6, 6.07) is 20.6. The molecule has 402 valence electrons. The molecule has 2 heterocycles. The van der Waals surface area contributed by atoms with Crippen LogP contribution in [0.3, 0.4) is 0 Å². The first-order valence-corrected chi connectivity index (χ1v) is 18.8. The Kier molecular flexibility index (Phi) is 124. The van der Waals surface area contributed by atoms with E-state index >= 15 is 0 Å². The molecule has 0 amide bonds. The summed E-state index contributed by atoms with van der Waals surface area (Å²) in [4.78, 5) is 32.8. The van der Waals surface area contributed by atoms with Crippen LogP contribution in [-0.4, -0.2) is 25.2 Å². The highest BCUT2D eigenvalue weighted by Gasteiger charge is 2.24. The van der Waals surface area contributed by atoms with Crippen LogP contribution in [-0.2, 0) is 24.1 Å². The van der Waals surface area contributed by atoms with Gasteiger partial charge in [-0.1, -0.05) is 193 Å². The lowest BCUT2D eigenvalue weighted by Crippen LogP contribution is -2.34. The second-order valence-corrected chi connectivity index (χ2v) is 16.1. The van der Waals surface area contributed by atoms with Crippen LogP contribution in [0.25, 0.3) is 16.5 Å². The molecule has 3 aromatic rings. The van der Waals surface area contributed by atoms with E-state index in [1.54, 1.807) is 42.5 Å². The molecule has 2 aliphatic heterocycles. The lowest BCUT2D eigenvalue weighted by molar-refractivity contribution is -0.115. The molecule has 0 spiro atoms. The summed E-state index contributed by atoms with van der Waals surface area (Å²) in [7, 11) is 4.59. The zero-order valence-corrected chi connectivity index (χ0v) is 27.5. The summed E-state index contributed by atoms with van der Waals surface area (Å²) in [6.45, 7) is 2.25. The average Bonchev–Trinajstić information content (AvgIpc) is 3.04. The van der Waals surface area contributed by atoms with E-state index in [-0.39, 0.29) is 175 Å². The molecule has 2 aliphatic rings. The molecule has 2 atom stereocenters. The summed E-state index contributed by atoms with van der Waals surface area (Å²) in [5.74, 6) is 1.13. The third-order valence-electron chi connectivity index (χ3n) is 7.29. The van der Waals surface area contributed by atoms with Crippen LogP contribution < -0.4 is 14.3 Å². The molecule has 2 unspecified atom stereocenters. The number of carbonyl (C=O) groups excluding carboxylic acids is 2. The fraction of sp³-hybridized carbons (Fsp3) is 0.574. The van der Waals surface area contributed by atoms with Crippen LogP contribution in [0, 0.1) is 11.3 Å². The molecule has 0 aromatic heterocycles. The molecule has 0 aliphatic carbocycles. The second kappa shape index (κ2) is 65.5.